The van der Waals surface area contributed by atoms with Crippen molar-refractivity contribution in [3.8, 4) is 0 Å². The van der Waals surface area contributed by atoms with Gasteiger partial charge in [0.2, 0.25) is 0 Å². The molecule has 114 valence electrons. The molecule has 0 saturated carbocycles. The predicted octanol–water partition coefficient (Wildman–Crippen LogP) is 5.35. The second-order valence-electron chi connectivity index (χ2n) is 5.94. The van der Waals surface area contributed by atoms with Crippen LogP contribution in [0.1, 0.15) is 71.1 Å². The monoisotopic (exact) mass is 278 g/mol. The summed E-state index contributed by atoms with van der Waals surface area (Å²) in [6, 6.07) is 0. The number of unbranched alkanes of at least 4 members (excludes halogenated alkanes) is 5. The summed E-state index contributed by atoms with van der Waals surface area (Å²) in [6.07, 6.45) is 20.3. The molecule has 2 unspecified atom stereocenters. The fraction of sp³-hybridized carbons (Fsp3) is 0.722. The Balaban J connectivity index is 2.14. The number of rotatable bonds is 11. The minimum absolute atomic E-state index is 0.325. The summed E-state index contributed by atoms with van der Waals surface area (Å²) in [5.74, 6) is 0.767. The Morgan fingerprint density at radius 3 is 2.00 bits per heavy atom. The SMILES string of the molecule is CCCCCC1C=CC=CC1CCCCCCC(=O)O. The maximum Gasteiger partial charge on any atom is 0.303 e. The molecule has 2 heteroatoms. The highest BCUT2D eigenvalue weighted by atomic mass is 16.4. The summed E-state index contributed by atoms with van der Waals surface area (Å²) < 4.78 is 0. The minimum Gasteiger partial charge on any atom is -0.481 e. The Kier molecular flexibility index (Phi) is 9.10. The van der Waals surface area contributed by atoms with Crippen molar-refractivity contribution in [3.63, 3.8) is 0 Å². The van der Waals surface area contributed by atoms with Gasteiger partial charge in [-0.15, -0.1) is 0 Å². The van der Waals surface area contributed by atoms with Crippen LogP contribution in [0.4, 0.5) is 0 Å². The lowest BCUT2D eigenvalue weighted by atomic mass is 9.81. The molecule has 1 aliphatic carbocycles. The van der Waals surface area contributed by atoms with E-state index in [1.165, 1.54) is 44.9 Å². The molecule has 0 aliphatic heterocycles. The Hall–Kier alpha value is -1.05. The number of allylic oxidation sites excluding steroid dienone is 4. The highest BCUT2D eigenvalue weighted by Crippen LogP contribution is 2.29. The topological polar surface area (TPSA) is 37.3 Å². The molecule has 2 atom stereocenters. The largest absolute Gasteiger partial charge is 0.481 e. The van der Waals surface area contributed by atoms with E-state index in [1.807, 2.05) is 0 Å². The van der Waals surface area contributed by atoms with Crippen LogP contribution in [-0.2, 0) is 4.79 Å². The van der Waals surface area contributed by atoms with E-state index < -0.39 is 5.97 Å². The molecule has 0 aromatic heterocycles. The fourth-order valence-corrected chi connectivity index (χ4v) is 2.96. The number of carboxylic acids is 1. The summed E-state index contributed by atoms with van der Waals surface area (Å²) in [4.78, 5) is 10.4. The van der Waals surface area contributed by atoms with Crippen molar-refractivity contribution in [2.75, 3.05) is 0 Å². The van der Waals surface area contributed by atoms with Gasteiger partial charge in [0.15, 0.2) is 0 Å². The molecule has 0 bridgehead atoms. The molecule has 0 heterocycles. The molecule has 2 nitrogen and oxygen atoms in total. The number of hydrogen-bond donors (Lipinski definition) is 1. The molecular formula is C18H30O2. The van der Waals surface area contributed by atoms with E-state index in [9.17, 15) is 4.79 Å². The number of carbonyl (C=O) groups is 1. The average molecular weight is 278 g/mol. The summed E-state index contributed by atoms with van der Waals surface area (Å²) in [6.45, 7) is 2.26. The minimum atomic E-state index is -0.665. The lowest BCUT2D eigenvalue weighted by Crippen LogP contribution is -2.12. The summed E-state index contributed by atoms with van der Waals surface area (Å²) in [7, 11) is 0. The first-order valence-corrected chi connectivity index (χ1v) is 8.30. The molecule has 1 N–H and O–H groups in total. The molecule has 0 aromatic rings. The highest BCUT2D eigenvalue weighted by molar-refractivity contribution is 5.66. The third kappa shape index (κ3) is 7.52. The van der Waals surface area contributed by atoms with Gasteiger partial charge >= 0.3 is 5.97 Å². The Bertz CT molecular complexity index is 317. The van der Waals surface area contributed by atoms with Gasteiger partial charge < -0.3 is 5.11 Å². The first-order valence-electron chi connectivity index (χ1n) is 8.30. The van der Waals surface area contributed by atoms with Gasteiger partial charge in [-0.2, -0.15) is 0 Å². The van der Waals surface area contributed by atoms with Gasteiger partial charge in [0, 0.05) is 6.42 Å². The van der Waals surface area contributed by atoms with E-state index in [0.717, 1.165) is 18.8 Å². The normalized spacial score (nSPS) is 21.2. The highest BCUT2D eigenvalue weighted by Gasteiger charge is 2.17. The van der Waals surface area contributed by atoms with Crippen molar-refractivity contribution in [2.24, 2.45) is 11.8 Å². The van der Waals surface area contributed by atoms with E-state index >= 15 is 0 Å². The third-order valence-electron chi connectivity index (χ3n) is 4.20. The van der Waals surface area contributed by atoms with Crippen LogP contribution in [0.3, 0.4) is 0 Å². The number of aliphatic carboxylic acids is 1. The lowest BCUT2D eigenvalue weighted by molar-refractivity contribution is -0.137. The molecule has 1 rings (SSSR count). The van der Waals surface area contributed by atoms with Crippen LogP contribution in [0.2, 0.25) is 0 Å². The molecule has 0 aromatic carbocycles. The summed E-state index contributed by atoms with van der Waals surface area (Å²) in [5, 5.41) is 8.59. The van der Waals surface area contributed by atoms with Gasteiger partial charge in [0.25, 0.3) is 0 Å². The first-order chi connectivity index (χ1) is 9.74. The van der Waals surface area contributed by atoms with Gasteiger partial charge in [-0.25, -0.2) is 0 Å². The van der Waals surface area contributed by atoms with Crippen LogP contribution in [0.15, 0.2) is 24.3 Å². The van der Waals surface area contributed by atoms with Crippen molar-refractivity contribution >= 4 is 5.97 Å². The van der Waals surface area contributed by atoms with Gasteiger partial charge in [-0.05, 0) is 31.1 Å². The van der Waals surface area contributed by atoms with E-state index in [-0.39, 0.29) is 0 Å². The molecule has 0 saturated heterocycles. The third-order valence-corrected chi connectivity index (χ3v) is 4.20. The Morgan fingerprint density at radius 2 is 1.45 bits per heavy atom. The maximum atomic E-state index is 10.4. The molecule has 0 spiro atoms. The molecule has 0 amide bonds. The van der Waals surface area contributed by atoms with Crippen LogP contribution >= 0.6 is 0 Å². The second kappa shape index (κ2) is 10.7. The summed E-state index contributed by atoms with van der Waals surface area (Å²) >= 11 is 0. The maximum absolute atomic E-state index is 10.4. The zero-order valence-corrected chi connectivity index (χ0v) is 12.9. The fourth-order valence-electron chi connectivity index (χ4n) is 2.96. The molecule has 20 heavy (non-hydrogen) atoms. The van der Waals surface area contributed by atoms with E-state index in [2.05, 4.69) is 31.2 Å². The number of hydrogen-bond acceptors (Lipinski definition) is 1. The van der Waals surface area contributed by atoms with Gasteiger partial charge in [0.1, 0.15) is 0 Å². The van der Waals surface area contributed by atoms with Gasteiger partial charge in [-0.3, -0.25) is 4.79 Å². The summed E-state index contributed by atoms with van der Waals surface area (Å²) in [5.41, 5.74) is 0. The molecule has 1 aliphatic rings. The van der Waals surface area contributed by atoms with Crippen molar-refractivity contribution in [2.45, 2.75) is 71.1 Å². The smallest absolute Gasteiger partial charge is 0.303 e. The van der Waals surface area contributed by atoms with Crippen LogP contribution in [0, 0.1) is 11.8 Å². The Morgan fingerprint density at radius 1 is 0.900 bits per heavy atom. The van der Waals surface area contributed by atoms with Crippen molar-refractivity contribution in [1.82, 2.24) is 0 Å². The van der Waals surface area contributed by atoms with Crippen molar-refractivity contribution < 1.29 is 9.90 Å². The van der Waals surface area contributed by atoms with Crippen LogP contribution in [-0.4, -0.2) is 11.1 Å². The number of carboxylic acid groups (broad SMARTS) is 1. The van der Waals surface area contributed by atoms with Crippen molar-refractivity contribution in [3.05, 3.63) is 24.3 Å². The average Bonchev–Trinajstić information content (AvgIpc) is 2.44. The zero-order chi connectivity index (χ0) is 14.6. The molecule has 0 radical (unpaired) electrons. The molecule has 0 fully saturated rings. The zero-order valence-electron chi connectivity index (χ0n) is 12.9. The van der Waals surface area contributed by atoms with Crippen molar-refractivity contribution in [1.29, 1.82) is 0 Å². The standard InChI is InChI=1S/C18H30O2/c1-2-3-6-11-16-13-9-10-14-17(16)12-7-4-5-8-15-18(19)20/h9-10,13-14,16-17H,2-8,11-12,15H2,1H3,(H,19,20). The Labute approximate surface area is 124 Å². The second-order valence-corrected chi connectivity index (χ2v) is 5.94. The predicted molar refractivity (Wildman–Crippen MR) is 84.7 cm³/mol. The van der Waals surface area contributed by atoms with Crippen LogP contribution < -0.4 is 0 Å². The molecular weight excluding hydrogens is 248 g/mol. The van der Waals surface area contributed by atoms with E-state index in [1.54, 1.807) is 0 Å². The van der Waals surface area contributed by atoms with E-state index in [0.29, 0.717) is 12.3 Å². The lowest BCUT2D eigenvalue weighted by Gasteiger charge is -2.24. The van der Waals surface area contributed by atoms with Crippen LogP contribution in [0.25, 0.3) is 0 Å². The first kappa shape index (κ1) is 17.0. The van der Waals surface area contributed by atoms with Gasteiger partial charge in [-0.1, -0.05) is 69.8 Å². The van der Waals surface area contributed by atoms with E-state index in [4.69, 9.17) is 5.11 Å². The van der Waals surface area contributed by atoms with Gasteiger partial charge in [0.05, 0.1) is 0 Å². The quantitative estimate of drug-likeness (QED) is 0.517. The van der Waals surface area contributed by atoms with Crippen LogP contribution in [0.5, 0.6) is 0 Å².